The van der Waals surface area contributed by atoms with E-state index in [0.717, 1.165) is 11.1 Å². The van der Waals surface area contributed by atoms with Gasteiger partial charge in [-0.05, 0) is 23.8 Å². The topological polar surface area (TPSA) is 59.2 Å². The lowest BCUT2D eigenvalue weighted by Crippen LogP contribution is -2.18. The lowest BCUT2D eigenvalue weighted by atomic mass is 10.1. The first-order valence-corrected chi connectivity index (χ1v) is 7.55. The molecule has 0 bridgehead atoms. The lowest BCUT2D eigenvalue weighted by Gasteiger charge is -2.04. The predicted octanol–water partition coefficient (Wildman–Crippen LogP) is 3.79. The summed E-state index contributed by atoms with van der Waals surface area (Å²) in [6.45, 7) is 0.164. The zero-order valence-electron chi connectivity index (χ0n) is 12.2. The van der Waals surface area contributed by atoms with Gasteiger partial charge in [0, 0.05) is 28.5 Å². The molecule has 0 saturated heterocycles. The molecule has 1 aromatic heterocycles. The highest BCUT2D eigenvalue weighted by Gasteiger charge is 2.21. The molecule has 3 aromatic rings. The lowest BCUT2D eigenvalue weighted by molar-refractivity contribution is -0.138. The maximum Gasteiger partial charge on any atom is 0.379 e. The number of nitrogens with one attached hydrogen (secondary N) is 1. The molecule has 0 radical (unpaired) electrons. The third-order valence-corrected chi connectivity index (χ3v) is 3.78. The number of aromatic amines is 1. The maximum absolute atomic E-state index is 12.2. The number of rotatable bonds is 5. The van der Waals surface area contributed by atoms with Crippen LogP contribution in [0.2, 0.25) is 5.02 Å². The Morgan fingerprint density at radius 3 is 2.65 bits per heavy atom. The molecule has 0 spiro atoms. The van der Waals surface area contributed by atoms with Gasteiger partial charge in [0.25, 0.3) is 5.78 Å². The quantitative estimate of drug-likeness (QED) is 0.440. The highest BCUT2D eigenvalue weighted by atomic mass is 35.5. The molecular weight excluding hydrogens is 314 g/mol. The molecule has 0 amide bonds. The van der Waals surface area contributed by atoms with E-state index in [9.17, 15) is 9.59 Å². The largest absolute Gasteiger partial charge is 0.459 e. The van der Waals surface area contributed by atoms with Gasteiger partial charge < -0.3 is 9.72 Å². The molecule has 2 aromatic carbocycles. The van der Waals surface area contributed by atoms with Gasteiger partial charge in [0.2, 0.25) is 0 Å². The Labute approximate surface area is 138 Å². The third kappa shape index (κ3) is 3.43. The second-order valence-electron chi connectivity index (χ2n) is 5.09. The number of ether oxygens (including phenoxy) is 1. The summed E-state index contributed by atoms with van der Waals surface area (Å²) in [4.78, 5) is 27.1. The zero-order valence-corrected chi connectivity index (χ0v) is 13.0. The number of ketones is 1. The number of fused-ring (bicyclic) bond motifs is 1. The van der Waals surface area contributed by atoms with Crippen molar-refractivity contribution >= 4 is 34.3 Å². The Morgan fingerprint density at radius 1 is 1.09 bits per heavy atom. The molecule has 1 N–H and O–H groups in total. The van der Waals surface area contributed by atoms with Gasteiger partial charge in [-0.15, -0.1) is 0 Å². The van der Waals surface area contributed by atoms with Gasteiger partial charge in [-0.3, -0.25) is 4.79 Å². The van der Waals surface area contributed by atoms with Gasteiger partial charge in [0.15, 0.2) is 0 Å². The summed E-state index contributed by atoms with van der Waals surface area (Å²) in [6.07, 6.45) is 2.07. The van der Waals surface area contributed by atoms with Crippen LogP contribution in [0, 0.1) is 0 Å². The number of hydrogen-bond acceptors (Lipinski definition) is 3. The number of carbonyl (C=O) groups is 2. The maximum atomic E-state index is 12.2. The minimum atomic E-state index is -0.859. The normalized spacial score (nSPS) is 10.7. The highest BCUT2D eigenvalue weighted by molar-refractivity contribution is 6.43. The van der Waals surface area contributed by atoms with Crippen molar-refractivity contribution in [3.8, 4) is 0 Å². The van der Waals surface area contributed by atoms with Crippen molar-refractivity contribution in [2.24, 2.45) is 0 Å². The molecule has 23 heavy (non-hydrogen) atoms. The van der Waals surface area contributed by atoms with Crippen LogP contribution in [0.15, 0.2) is 54.7 Å². The minimum Gasteiger partial charge on any atom is -0.459 e. The Bertz CT molecular complexity index is 855. The number of carbonyl (C=O) groups excluding carboxylic acids is 2. The highest BCUT2D eigenvalue weighted by Crippen LogP contribution is 2.23. The van der Waals surface area contributed by atoms with Gasteiger partial charge >= 0.3 is 5.97 Å². The molecule has 116 valence electrons. The molecule has 0 aliphatic carbocycles. The Balaban J connectivity index is 1.67. The van der Waals surface area contributed by atoms with Gasteiger partial charge in [0.1, 0.15) is 0 Å². The molecule has 1 heterocycles. The zero-order chi connectivity index (χ0) is 16.2. The van der Waals surface area contributed by atoms with Crippen LogP contribution in [0.3, 0.4) is 0 Å². The van der Waals surface area contributed by atoms with Crippen molar-refractivity contribution in [1.82, 2.24) is 4.98 Å². The second-order valence-corrected chi connectivity index (χ2v) is 5.53. The van der Waals surface area contributed by atoms with Crippen molar-refractivity contribution < 1.29 is 14.3 Å². The van der Waals surface area contributed by atoms with Crippen LogP contribution in [0.1, 0.15) is 15.9 Å². The molecule has 3 rings (SSSR count). The molecule has 0 aliphatic heterocycles. The van der Waals surface area contributed by atoms with Crippen LogP contribution in [0.5, 0.6) is 0 Å². The summed E-state index contributed by atoms with van der Waals surface area (Å²) in [5.74, 6) is -1.53. The average Bonchev–Trinajstić information content (AvgIpc) is 2.98. The molecule has 5 heteroatoms. The second kappa shape index (κ2) is 6.67. The van der Waals surface area contributed by atoms with Gasteiger partial charge in [-0.1, -0.05) is 41.9 Å². The van der Waals surface area contributed by atoms with E-state index in [1.165, 1.54) is 6.20 Å². The predicted molar refractivity (Wildman–Crippen MR) is 88.7 cm³/mol. The monoisotopic (exact) mass is 327 g/mol. The van der Waals surface area contributed by atoms with E-state index in [0.29, 0.717) is 16.8 Å². The standard InChI is InChI=1S/C18H14ClNO3/c19-13-6-7-16-14(10-13)15(11-20-16)17(21)18(22)23-9-8-12-4-2-1-3-5-12/h1-7,10-11,20H,8-9H2. The molecule has 0 saturated carbocycles. The minimum absolute atomic E-state index is 0.164. The first-order chi connectivity index (χ1) is 11.1. The van der Waals surface area contributed by atoms with E-state index in [1.54, 1.807) is 18.2 Å². The van der Waals surface area contributed by atoms with Crippen molar-refractivity contribution in [2.75, 3.05) is 6.61 Å². The fourth-order valence-corrected chi connectivity index (χ4v) is 2.53. The van der Waals surface area contributed by atoms with Crippen LogP contribution < -0.4 is 0 Å². The van der Waals surface area contributed by atoms with E-state index in [1.807, 2.05) is 30.3 Å². The molecule has 0 atom stereocenters. The number of hydrogen-bond donors (Lipinski definition) is 1. The van der Waals surface area contributed by atoms with Gasteiger partial charge in [0.05, 0.1) is 12.2 Å². The van der Waals surface area contributed by atoms with Crippen molar-refractivity contribution in [1.29, 1.82) is 0 Å². The average molecular weight is 328 g/mol. The summed E-state index contributed by atoms with van der Waals surface area (Å²) in [6, 6.07) is 14.8. The van der Waals surface area contributed by atoms with Crippen LogP contribution in [0.4, 0.5) is 0 Å². The van der Waals surface area contributed by atoms with Crippen LogP contribution in [0.25, 0.3) is 10.9 Å². The van der Waals surface area contributed by atoms with E-state index in [-0.39, 0.29) is 12.2 Å². The van der Waals surface area contributed by atoms with Crippen molar-refractivity contribution in [3.05, 3.63) is 70.9 Å². The summed E-state index contributed by atoms with van der Waals surface area (Å²) in [5, 5.41) is 1.12. The summed E-state index contributed by atoms with van der Waals surface area (Å²) >= 11 is 5.94. The van der Waals surface area contributed by atoms with E-state index >= 15 is 0 Å². The Morgan fingerprint density at radius 2 is 1.87 bits per heavy atom. The Kier molecular flexibility index (Phi) is 4.44. The summed E-state index contributed by atoms with van der Waals surface area (Å²) in [7, 11) is 0. The fourth-order valence-electron chi connectivity index (χ4n) is 2.36. The first kappa shape index (κ1) is 15.3. The van der Waals surface area contributed by atoms with E-state index < -0.39 is 11.8 Å². The number of aromatic nitrogens is 1. The fraction of sp³-hybridized carbons (Fsp3) is 0.111. The van der Waals surface area contributed by atoms with Crippen molar-refractivity contribution in [2.45, 2.75) is 6.42 Å². The SMILES string of the molecule is O=C(OCCc1ccccc1)C(=O)c1c[nH]c2ccc(Cl)cc12. The van der Waals surface area contributed by atoms with Gasteiger partial charge in [-0.25, -0.2) is 4.79 Å². The van der Waals surface area contributed by atoms with Crippen LogP contribution >= 0.6 is 11.6 Å². The third-order valence-electron chi connectivity index (χ3n) is 3.54. The number of halogens is 1. The number of benzene rings is 2. The number of esters is 1. The summed E-state index contributed by atoms with van der Waals surface area (Å²) < 4.78 is 5.08. The number of Topliss-reactive ketones (excluding diaryl/α,β-unsaturated/α-hetero) is 1. The molecule has 4 nitrogen and oxygen atoms in total. The van der Waals surface area contributed by atoms with Crippen molar-refractivity contribution in [3.63, 3.8) is 0 Å². The van der Waals surface area contributed by atoms with Crippen LogP contribution in [-0.2, 0) is 16.0 Å². The van der Waals surface area contributed by atoms with Gasteiger partial charge in [-0.2, -0.15) is 0 Å². The Hall–Kier alpha value is -2.59. The summed E-state index contributed by atoms with van der Waals surface area (Å²) in [5.41, 5.74) is 2.06. The number of H-pyrrole nitrogens is 1. The van der Waals surface area contributed by atoms with E-state index in [2.05, 4.69) is 4.98 Å². The van der Waals surface area contributed by atoms with Crippen LogP contribution in [-0.4, -0.2) is 23.3 Å². The van der Waals surface area contributed by atoms with E-state index in [4.69, 9.17) is 16.3 Å². The first-order valence-electron chi connectivity index (χ1n) is 7.17. The molecule has 0 unspecified atom stereocenters. The molecule has 0 aliphatic rings. The molecular formula is C18H14ClNO3. The molecule has 0 fully saturated rings. The smallest absolute Gasteiger partial charge is 0.379 e.